The molecule has 0 aromatic carbocycles. The Morgan fingerprint density at radius 3 is 2.40 bits per heavy atom. The molecule has 0 saturated heterocycles. The van der Waals surface area contributed by atoms with Crippen molar-refractivity contribution in [3.63, 3.8) is 0 Å². The molecule has 6 N–H and O–H groups in total. The first-order chi connectivity index (χ1) is 9.38. The quantitative estimate of drug-likeness (QED) is 0.359. The molecule has 0 heterocycles. The van der Waals surface area contributed by atoms with E-state index in [1.54, 1.807) is 0 Å². The summed E-state index contributed by atoms with van der Waals surface area (Å²) in [6.45, 7) is -0.232. The lowest BCUT2D eigenvalue weighted by Crippen LogP contribution is -2.48. The van der Waals surface area contributed by atoms with Crippen LogP contribution in [0, 0.1) is 0 Å². The molecule has 1 rings (SSSR count). The second-order valence-corrected chi connectivity index (χ2v) is 4.56. The number of hydrogen-bond donors (Lipinski definition) is 5. The fourth-order valence-electron chi connectivity index (χ4n) is 1.42. The molecule has 0 aromatic heterocycles. The highest BCUT2D eigenvalue weighted by Gasteiger charge is 2.24. The summed E-state index contributed by atoms with van der Waals surface area (Å²) in [5.41, 5.74) is 4.91. The summed E-state index contributed by atoms with van der Waals surface area (Å²) in [5, 5.41) is 15.9. The molecule has 1 aliphatic rings. The maximum Gasteiger partial charge on any atom is 0.326 e. The molecule has 0 aliphatic heterocycles. The number of urea groups is 1. The van der Waals surface area contributed by atoms with Crippen LogP contribution in [0.4, 0.5) is 4.79 Å². The molecule has 0 aromatic rings. The van der Waals surface area contributed by atoms with Crippen LogP contribution in [0.15, 0.2) is 0 Å². The standard InChI is InChI=1S/C11H18N4O5/c12-8(16)4-3-7(10(18)19)15-11(20)13-5-9(17)14-6-1-2-6/h6-7H,1-5H2,(H2,12,16)(H,14,17)(H,18,19)(H2,13,15,20)/t7-/m0/s1. The zero-order chi connectivity index (χ0) is 15.1. The van der Waals surface area contributed by atoms with E-state index >= 15 is 0 Å². The number of nitrogens with two attached hydrogens (primary N) is 1. The number of primary amides is 1. The molecule has 1 atom stereocenters. The number of carbonyl (C=O) groups is 4. The first-order valence-corrected chi connectivity index (χ1v) is 6.23. The van der Waals surface area contributed by atoms with Crippen LogP contribution in [0.2, 0.25) is 0 Å². The summed E-state index contributed by atoms with van der Waals surface area (Å²) >= 11 is 0. The molecule has 0 bridgehead atoms. The van der Waals surface area contributed by atoms with Crippen LogP contribution in [0.1, 0.15) is 25.7 Å². The number of carboxylic acids is 1. The van der Waals surface area contributed by atoms with Crippen LogP contribution < -0.4 is 21.7 Å². The molecule has 1 fully saturated rings. The van der Waals surface area contributed by atoms with E-state index in [4.69, 9.17) is 10.8 Å². The highest BCUT2D eigenvalue weighted by atomic mass is 16.4. The van der Waals surface area contributed by atoms with Crippen molar-refractivity contribution in [3.05, 3.63) is 0 Å². The maximum atomic E-state index is 11.4. The van der Waals surface area contributed by atoms with Crippen LogP contribution in [0.25, 0.3) is 0 Å². The normalized spacial score (nSPS) is 15.0. The molecule has 112 valence electrons. The number of hydrogen-bond acceptors (Lipinski definition) is 4. The predicted octanol–water partition coefficient (Wildman–Crippen LogP) is -1.72. The minimum atomic E-state index is -1.27. The highest BCUT2D eigenvalue weighted by molar-refractivity contribution is 5.87. The van der Waals surface area contributed by atoms with E-state index < -0.39 is 23.9 Å². The van der Waals surface area contributed by atoms with Gasteiger partial charge in [0.25, 0.3) is 0 Å². The molecular formula is C11H18N4O5. The number of carbonyl (C=O) groups excluding carboxylic acids is 3. The van der Waals surface area contributed by atoms with Gasteiger partial charge in [0.05, 0.1) is 6.54 Å². The third kappa shape index (κ3) is 6.57. The van der Waals surface area contributed by atoms with Crippen LogP contribution >= 0.6 is 0 Å². The number of amides is 4. The van der Waals surface area contributed by atoms with E-state index in [2.05, 4.69) is 16.0 Å². The fourth-order valence-corrected chi connectivity index (χ4v) is 1.42. The highest BCUT2D eigenvalue weighted by Crippen LogP contribution is 2.18. The Balaban J connectivity index is 2.27. The molecule has 1 saturated carbocycles. The first kappa shape index (κ1) is 15.7. The van der Waals surface area contributed by atoms with Crippen LogP contribution in [0.3, 0.4) is 0 Å². The van der Waals surface area contributed by atoms with Gasteiger partial charge < -0.3 is 26.8 Å². The largest absolute Gasteiger partial charge is 0.480 e. The summed E-state index contributed by atoms with van der Waals surface area (Å²) in [6, 6.07) is -1.82. The Morgan fingerprint density at radius 2 is 1.90 bits per heavy atom. The van der Waals surface area contributed by atoms with Gasteiger partial charge in [-0.1, -0.05) is 0 Å². The summed E-state index contributed by atoms with van der Waals surface area (Å²) in [5.74, 6) is -2.25. The Hall–Kier alpha value is -2.32. The van der Waals surface area contributed by atoms with Gasteiger partial charge in [-0.3, -0.25) is 9.59 Å². The summed E-state index contributed by atoms with van der Waals surface area (Å²) in [6.07, 6.45) is 1.62. The predicted molar refractivity (Wildman–Crippen MR) is 67.6 cm³/mol. The smallest absolute Gasteiger partial charge is 0.326 e. The minimum Gasteiger partial charge on any atom is -0.480 e. The molecule has 9 heteroatoms. The summed E-state index contributed by atoms with van der Waals surface area (Å²) in [7, 11) is 0. The van der Waals surface area contributed by atoms with Crippen molar-refractivity contribution in [1.82, 2.24) is 16.0 Å². The zero-order valence-electron chi connectivity index (χ0n) is 10.8. The van der Waals surface area contributed by atoms with E-state index in [1.165, 1.54) is 0 Å². The topological polar surface area (TPSA) is 151 Å². The second-order valence-electron chi connectivity index (χ2n) is 4.56. The van der Waals surface area contributed by atoms with Crippen molar-refractivity contribution in [3.8, 4) is 0 Å². The minimum absolute atomic E-state index is 0.105. The van der Waals surface area contributed by atoms with Crippen molar-refractivity contribution >= 4 is 23.8 Å². The van der Waals surface area contributed by atoms with E-state index in [9.17, 15) is 19.2 Å². The van der Waals surface area contributed by atoms with Gasteiger partial charge in [-0.15, -0.1) is 0 Å². The van der Waals surface area contributed by atoms with Crippen LogP contribution in [-0.4, -0.2) is 47.5 Å². The van der Waals surface area contributed by atoms with Crippen molar-refractivity contribution < 1.29 is 24.3 Å². The Labute approximate surface area is 115 Å². The van der Waals surface area contributed by atoms with Gasteiger partial charge in [0.15, 0.2) is 0 Å². The van der Waals surface area contributed by atoms with E-state index in [0.29, 0.717) is 0 Å². The molecule has 1 aliphatic carbocycles. The van der Waals surface area contributed by atoms with Crippen molar-refractivity contribution in [1.29, 1.82) is 0 Å². The lowest BCUT2D eigenvalue weighted by Gasteiger charge is -2.14. The molecule has 9 nitrogen and oxygen atoms in total. The average Bonchev–Trinajstić information content (AvgIpc) is 3.15. The Kier molecular flexibility index (Phi) is 5.75. The molecule has 0 spiro atoms. The average molecular weight is 286 g/mol. The van der Waals surface area contributed by atoms with Gasteiger partial charge in [-0.2, -0.15) is 0 Å². The van der Waals surface area contributed by atoms with E-state index in [-0.39, 0.29) is 31.3 Å². The molecule has 0 radical (unpaired) electrons. The monoisotopic (exact) mass is 286 g/mol. The molecule has 0 unspecified atom stereocenters. The lowest BCUT2D eigenvalue weighted by molar-refractivity contribution is -0.139. The maximum absolute atomic E-state index is 11.4. The van der Waals surface area contributed by atoms with Crippen molar-refractivity contribution in [2.75, 3.05) is 6.54 Å². The van der Waals surface area contributed by atoms with E-state index in [0.717, 1.165) is 12.8 Å². The molecular weight excluding hydrogens is 268 g/mol. The van der Waals surface area contributed by atoms with Crippen molar-refractivity contribution in [2.45, 2.75) is 37.8 Å². The molecule has 20 heavy (non-hydrogen) atoms. The van der Waals surface area contributed by atoms with Crippen LogP contribution in [-0.2, 0) is 14.4 Å². The van der Waals surface area contributed by atoms with Crippen LogP contribution in [0.5, 0.6) is 0 Å². The van der Waals surface area contributed by atoms with Gasteiger partial charge >= 0.3 is 12.0 Å². The number of rotatable bonds is 8. The lowest BCUT2D eigenvalue weighted by atomic mass is 10.1. The van der Waals surface area contributed by atoms with Crippen molar-refractivity contribution in [2.24, 2.45) is 5.73 Å². The first-order valence-electron chi connectivity index (χ1n) is 6.23. The summed E-state index contributed by atoms with van der Waals surface area (Å²) in [4.78, 5) is 44.2. The zero-order valence-corrected chi connectivity index (χ0v) is 10.8. The van der Waals surface area contributed by atoms with Gasteiger partial charge in [0.2, 0.25) is 11.8 Å². The van der Waals surface area contributed by atoms with Gasteiger partial charge in [-0.25, -0.2) is 9.59 Å². The summed E-state index contributed by atoms with van der Waals surface area (Å²) < 4.78 is 0. The molecule has 4 amide bonds. The van der Waals surface area contributed by atoms with E-state index in [1.807, 2.05) is 0 Å². The Morgan fingerprint density at radius 1 is 1.25 bits per heavy atom. The SMILES string of the molecule is NC(=O)CC[C@H](NC(=O)NCC(=O)NC1CC1)C(=O)O. The second kappa shape index (κ2) is 7.31. The third-order valence-corrected chi connectivity index (χ3v) is 2.63. The Bertz CT molecular complexity index is 408. The third-order valence-electron chi connectivity index (χ3n) is 2.63. The van der Waals surface area contributed by atoms with Gasteiger partial charge in [0, 0.05) is 12.5 Å². The van der Waals surface area contributed by atoms with Gasteiger partial charge in [-0.05, 0) is 19.3 Å². The van der Waals surface area contributed by atoms with Gasteiger partial charge in [0.1, 0.15) is 6.04 Å². The fraction of sp³-hybridized carbons (Fsp3) is 0.636. The number of nitrogens with one attached hydrogen (secondary N) is 3. The number of aliphatic carboxylic acids is 1. The number of carboxylic acid groups (broad SMARTS) is 1.